The number of piperazine rings is 1. The van der Waals surface area contributed by atoms with Gasteiger partial charge in [-0.05, 0) is 17.7 Å². The summed E-state index contributed by atoms with van der Waals surface area (Å²) < 4.78 is 1.19. The van der Waals surface area contributed by atoms with E-state index >= 15 is 0 Å². The van der Waals surface area contributed by atoms with Crippen LogP contribution in [0.15, 0.2) is 47.2 Å². The third kappa shape index (κ3) is 3.16. The Labute approximate surface area is 127 Å². The molecule has 2 aromatic rings. The third-order valence-electron chi connectivity index (χ3n) is 3.56. The molecule has 0 saturated carbocycles. The first kappa shape index (κ1) is 13.5. The van der Waals surface area contributed by atoms with Gasteiger partial charge < -0.3 is 4.90 Å². The predicted molar refractivity (Wildman–Crippen MR) is 83.7 cm³/mol. The molecule has 5 heteroatoms. The molecule has 1 aliphatic rings. The molecular weight excluding hydrogens is 316 g/mol. The van der Waals surface area contributed by atoms with Gasteiger partial charge in [-0.25, -0.2) is 9.97 Å². The molecule has 0 bridgehead atoms. The van der Waals surface area contributed by atoms with E-state index in [-0.39, 0.29) is 0 Å². The van der Waals surface area contributed by atoms with Gasteiger partial charge in [-0.3, -0.25) is 4.90 Å². The maximum Gasteiger partial charge on any atom is 0.225 e. The number of nitrogens with zero attached hydrogens (tertiary/aromatic N) is 4. The van der Waals surface area contributed by atoms with Crippen LogP contribution in [-0.4, -0.2) is 41.0 Å². The lowest BCUT2D eigenvalue weighted by Crippen LogP contribution is -2.46. The van der Waals surface area contributed by atoms with Crippen LogP contribution in [-0.2, 0) is 6.54 Å². The van der Waals surface area contributed by atoms with E-state index in [2.05, 4.69) is 60.0 Å². The van der Waals surface area contributed by atoms with Crippen molar-refractivity contribution in [1.82, 2.24) is 14.9 Å². The number of anilines is 1. The Morgan fingerprint density at radius 2 is 1.65 bits per heavy atom. The van der Waals surface area contributed by atoms with Crippen LogP contribution in [0.5, 0.6) is 0 Å². The summed E-state index contributed by atoms with van der Waals surface area (Å²) in [5.41, 5.74) is 1.34. The molecule has 2 heterocycles. The van der Waals surface area contributed by atoms with E-state index in [4.69, 9.17) is 0 Å². The van der Waals surface area contributed by atoms with Gasteiger partial charge in [0.1, 0.15) is 0 Å². The zero-order chi connectivity index (χ0) is 13.8. The molecule has 4 nitrogen and oxygen atoms in total. The van der Waals surface area contributed by atoms with Crippen LogP contribution in [0.1, 0.15) is 5.56 Å². The van der Waals surface area contributed by atoms with Crippen LogP contribution in [0.4, 0.5) is 5.95 Å². The molecule has 20 heavy (non-hydrogen) atoms. The molecule has 1 saturated heterocycles. The number of hydrogen-bond acceptors (Lipinski definition) is 4. The first-order valence-corrected chi connectivity index (χ1v) is 7.60. The molecule has 1 aliphatic heterocycles. The summed E-state index contributed by atoms with van der Waals surface area (Å²) in [7, 11) is 0. The number of hydrogen-bond donors (Lipinski definition) is 0. The Kier molecular flexibility index (Phi) is 4.28. The van der Waals surface area contributed by atoms with Crippen LogP contribution in [0.2, 0.25) is 0 Å². The van der Waals surface area contributed by atoms with E-state index in [0.717, 1.165) is 38.7 Å². The second-order valence-corrected chi connectivity index (χ2v) is 5.76. The van der Waals surface area contributed by atoms with Gasteiger partial charge in [0.15, 0.2) is 0 Å². The molecular formula is C15H17BrN4. The van der Waals surface area contributed by atoms with Crippen molar-refractivity contribution in [3.05, 3.63) is 52.8 Å². The topological polar surface area (TPSA) is 32.3 Å². The molecule has 1 aromatic heterocycles. The standard InChI is InChI=1S/C15H17BrN4/c16-14-5-2-1-4-13(14)12-19-8-10-20(11-9-19)15-17-6-3-7-18-15/h1-7H,8-12H2. The van der Waals surface area contributed by atoms with E-state index in [0.29, 0.717) is 0 Å². The molecule has 0 aliphatic carbocycles. The van der Waals surface area contributed by atoms with Gasteiger partial charge in [0, 0.05) is 49.6 Å². The highest BCUT2D eigenvalue weighted by atomic mass is 79.9. The molecule has 1 aromatic carbocycles. The van der Waals surface area contributed by atoms with Crippen LogP contribution in [0.25, 0.3) is 0 Å². The van der Waals surface area contributed by atoms with Crippen molar-refractivity contribution < 1.29 is 0 Å². The summed E-state index contributed by atoms with van der Waals surface area (Å²) in [6, 6.07) is 10.3. The van der Waals surface area contributed by atoms with Crippen molar-refractivity contribution in [1.29, 1.82) is 0 Å². The molecule has 0 spiro atoms. The Bertz CT molecular complexity index is 553. The van der Waals surface area contributed by atoms with Crippen LogP contribution in [0, 0.1) is 0 Å². The second-order valence-electron chi connectivity index (χ2n) is 4.90. The van der Waals surface area contributed by atoms with Crippen molar-refractivity contribution in [2.45, 2.75) is 6.54 Å². The number of benzene rings is 1. The van der Waals surface area contributed by atoms with Gasteiger partial charge in [0.05, 0.1) is 0 Å². The third-order valence-corrected chi connectivity index (χ3v) is 4.33. The van der Waals surface area contributed by atoms with E-state index in [1.165, 1.54) is 10.0 Å². The molecule has 0 N–H and O–H groups in total. The van der Waals surface area contributed by atoms with Crippen LogP contribution in [0.3, 0.4) is 0 Å². The maximum absolute atomic E-state index is 4.31. The van der Waals surface area contributed by atoms with Gasteiger partial charge >= 0.3 is 0 Å². The Morgan fingerprint density at radius 3 is 2.35 bits per heavy atom. The second kappa shape index (κ2) is 6.33. The highest BCUT2D eigenvalue weighted by Crippen LogP contribution is 2.19. The first-order chi connectivity index (χ1) is 9.83. The molecule has 0 atom stereocenters. The van der Waals surface area contributed by atoms with E-state index in [9.17, 15) is 0 Å². The fourth-order valence-corrected chi connectivity index (χ4v) is 2.84. The van der Waals surface area contributed by atoms with Crippen molar-refractivity contribution in [2.24, 2.45) is 0 Å². The van der Waals surface area contributed by atoms with Crippen molar-refractivity contribution in [3.63, 3.8) is 0 Å². The zero-order valence-electron chi connectivity index (χ0n) is 11.2. The Hall–Kier alpha value is -1.46. The largest absolute Gasteiger partial charge is 0.338 e. The molecule has 3 rings (SSSR count). The van der Waals surface area contributed by atoms with E-state index in [1.54, 1.807) is 12.4 Å². The SMILES string of the molecule is Brc1ccccc1CN1CCN(c2ncccn2)CC1. The normalized spacial score (nSPS) is 16.4. The zero-order valence-corrected chi connectivity index (χ0v) is 12.8. The average Bonchev–Trinajstić information content (AvgIpc) is 2.51. The number of halogens is 1. The summed E-state index contributed by atoms with van der Waals surface area (Å²) in [6.45, 7) is 5.03. The minimum Gasteiger partial charge on any atom is -0.338 e. The van der Waals surface area contributed by atoms with Gasteiger partial charge in [0.2, 0.25) is 5.95 Å². The number of aromatic nitrogens is 2. The van der Waals surface area contributed by atoms with Crippen LogP contribution < -0.4 is 4.90 Å². The number of rotatable bonds is 3. The lowest BCUT2D eigenvalue weighted by Gasteiger charge is -2.34. The minimum atomic E-state index is 0.841. The van der Waals surface area contributed by atoms with Crippen molar-refractivity contribution in [2.75, 3.05) is 31.1 Å². The van der Waals surface area contributed by atoms with Gasteiger partial charge in [-0.15, -0.1) is 0 Å². The summed E-state index contributed by atoms with van der Waals surface area (Å²) in [6.07, 6.45) is 3.60. The fraction of sp³-hybridized carbons (Fsp3) is 0.333. The molecule has 0 radical (unpaired) electrons. The summed E-state index contributed by atoms with van der Waals surface area (Å²) in [5.74, 6) is 0.841. The van der Waals surface area contributed by atoms with Crippen LogP contribution >= 0.6 is 15.9 Å². The minimum absolute atomic E-state index is 0.841. The average molecular weight is 333 g/mol. The highest BCUT2D eigenvalue weighted by molar-refractivity contribution is 9.10. The fourth-order valence-electron chi connectivity index (χ4n) is 2.43. The monoisotopic (exact) mass is 332 g/mol. The van der Waals surface area contributed by atoms with Gasteiger partial charge in [-0.1, -0.05) is 34.1 Å². The van der Waals surface area contributed by atoms with Crippen molar-refractivity contribution >= 4 is 21.9 Å². The first-order valence-electron chi connectivity index (χ1n) is 6.80. The smallest absolute Gasteiger partial charge is 0.225 e. The van der Waals surface area contributed by atoms with Crippen molar-refractivity contribution in [3.8, 4) is 0 Å². The quantitative estimate of drug-likeness (QED) is 0.864. The van der Waals surface area contributed by atoms with E-state index < -0.39 is 0 Å². The highest BCUT2D eigenvalue weighted by Gasteiger charge is 2.19. The summed E-state index contributed by atoms with van der Waals surface area (Å²) in [5, 5.41) is 0. The molecule has 0 amide bonds. The van der Waals surface area contributed by atoms with Gasteiger partial charge in [-0.2, -0.15) is 0 Å². The summed E-state index contributed by atoms with van der Waals surface area (Å²) >= 11 is 3.61. The van der Waals surface area contributed by atoms with Gasteiger partial charge in [0.25, 0.3) is 0 Å². The Balaban J connectivity index is 1.58. The molecule has 0 unspecified atom stereocenters. The lowest BCUT2D eigenvalue weighted by atomic mass is 10.2. The summed E-state index contributed by atoms with van der Waals surface area (Å²) in [4.78, 5) is 13.3. The maximum atomic E-state index is 4.31. The molecule has 104 valence electrons. The lowest BCUT2D eigenvalue weighted by molar-refractivity contribution is 0.248. The predicted octanol–water partition coefficient (Wildman–Crippen LogP) is 2.56. The van der Waals surface area contributed by atoms with E-state index in [1.807, 2.05) is 6.07 Å². The molecule has 1 fully saturated rings. The Morgan fingerprint density at radius 1 is 0.950 bits per heavy atom.